The zero-order chi connectivity index (χ0) is 26.4. The van der Waals surface area contributed by atoms with Crippen molar-refractivity contribution in [1.29, 1.82) is 0 Å². The number of piperazine rings is 1. The minimum Gasteiger partial charge on any atom is -0.491 e. The van der Waals surface area contributed by atoms with Crippen LogP contribution in [0.3, 0.4) is 0 Å². The molecule has 1 fully saturated rings. The molecule has 0 aliphatic carbocycles. The zero-order valence-corrected chi connectivity index (χ0v) is 22.2. The molecule has 1 aliphatic rings. The first-order valence-corrected chi connectivity index (χ1v) is 13.0. The molecule has 37 heavy (non-hydrogen) atoms. The summed E-state index contributed by atoms with van der Waals surface area (Å²) in [5.41, 5.74) is 2.21. The van der Waals surface area contributed by atoms with Crippen LogP contribution < -0.4 is 9.64 Å². The maximum Gasteiger partial charge on any atom is 0.125 e. The van der Waals surface area contributed by atoms with Crippen molar-refractivity contribution in [2.75, 3.05) is 44.3 Å². The van der Waals surface area contributed by atoms with E-state index in [0.717, 1.165) is 23.1 Å². The number of hydrogen-bond acceptors (Lipinski definition) is 7. The molecule has 1 saturated heterocycles. The van der Waals surface area contributed by atoms with Gasteiger partial charge in [0.1, 0.15) is 18.6 Å². The van der Waals surface area contributed by atoms with Crippen LogP contribution in [-0.4, -0.2) is 65.8 Å². The fraction of sp³-hybridized carbons (Fsp3) is 0.357. The van der Waals surface area contributed by atoms with E-state index in [-0.39, 0.29) is 25.7 Å². The van der Waals surface area contributed by atoms with Gasteiger partial charge < -0.3 is 24.6 Å². The first-order valence-electron chi connectivity index (χ1n) is 12.2. The topological polar surface area (TPSA) is 86.1 Å². The first kappa shape index (κ1) is 27.4. The van der Waals surface area contributed by atoms with Crippen LogP contribution in [0.1, 0.15) is 29.8 Å². The van der Waals surface area contributed by atoms with Crippen molar-refractivity contribution >= 4 is 35.2 Å². The third-order valence-electron chi connectivity index (χ3n) is 6.57. The number of nitrogens with zero attached hydrogens (tertiary/aromatic N) is 3. The van der Waals surface area contributed by atoms with E-state index >= 15 is 0 Å². The number of anilines is 1. The van der Waals surface area contributed by atoms with E-state index in [9.17, 15) is 9.90 Å². The van der Waals surface area contributed by atoms with Gasteiger partial charge in [-0.2, -0.15) is 0 Å². The van der Waals surface area contributed by atoms with Gasteiger partial charge >= 0.3 is 0 Å². The summed E-state index contributed by atoms with van der Waals surface area (Å²) in [6, 6.07) is 16.9. The van der Waals surface area contributed by atoms with Gasteiger partial charge in [-0.25, -0.2) is 0 Å². The third kappa shape index (κ3) is 6.80. The molecule has 9 heteroatoms. The van der Waals surface area contributed by atoms with Crippen molar-refractivity contribution in [3.05, 3.63) is 87.7 Å². The van der Waals surface area contributed by atoms with Gasteiger partial charge in [-0.15, -0.1) is 0 Å². The third-order valence-corrected chi connectivity index (χ3v) is 7.12. The number of pyridine rings is 1. The van der Waals surface area contributed by atoms with Gasteiger partial charge in [0.2, 0.25) is 0 Å². The van der Waals surface area contributed by atoms with Gasteiger partial charge in [-0.1, -0.05) is 35.3 Å². The Balaban J connectivity index is 1.58. The number of aliphatic hydroxyl groups excluding tert-OH is 1. The summed E-state index contributed by atoms with van der Waals surface area (Å²) < 4.78 is 5.51. The highest BCUT2D eigenvalue weighted by Crippen LogP contribution is 2.38. The van der Waals surface area contributed by atoms with Gasteiger partial charge in [-0.3, -0.25) is 9.88 Å². The highest BCUT2D eigenvalue weighted by Gasteiger charge is 2.34. The predicted molar refractivity (Wildman–Crippen MR) is 146 cm³/mol. The Hall–Kier alpha value is -2.68. The number of hydrogen-bond donors (Lipinski definition) is 2. The highest BCUT2D eigenvalue weighted by molar-refractivity contribution is 6.33. The van der Waals surface area contributed by atoms with Crippen LogP contribution in [0.4, 0.5) is 5.69 Å². The lowest BCUT2D eigenvalue weighted by Crippen LogP contribution is -2.52. The van der Waals surface area contributed by atoms with Crippen molar-refractivity contribution in [2.45, 2.75) is 25.0 Å². The number of aromatic nitrogens is 1. The SMILES string of the molecule is C[C@@](O)(CN1CCN(c2ccc(OCCO)cc2Cl)[C@H](c2ccc(Cl)cc2)C1)c1ccnc(CC=O)c1. The maximum absolute atomic E-state index is 11.4. The summed E-state index contributed by atoms with van der Waals surface area (Å²) >= 11 is 12.9. The number of β-amino-alcohol motifs (C(OH)–C–C–N with tert-alkyl or cyclic N) is 1. The molecular weight excluding hydrogens is 513 g/mol. The van der Waals surface area contributed by atoms with Crippen LogP contribution >= 0.6 is 23.2 Å². The molecule has 3 aromatic rings. The molecule has 1 aromatic heterocycles. The molecule has 2 N–H and O–H groups in total. The van der Waals surface area contributed by atoms with Crippen LogP contribution in [0.2, 0.25) is 10.0 Å². The molecule has 0 amide bonds. The largest absolute Gasteiger partial charge is 0.491 e. The summed E-state index contributed by atoms with van der Waals surface area (Å²) in [4.78, 5) is 19.6. The molecule has 4 rings (SSSR count). The quantitative estimate of drug-likeness (QED) is 0.369. The van der Waals surface area contributed by atoms with E-state index in [1.807, 2.05) is 36.4 Å². The summed E-state index contributed by atoms with van der Waals surface area (Å²) in [5, 5.41) is 21.7. The average molecular weight is 544 g/mol. The lowest BCUT2D eigenvalue weighted by Gasteiger charge is -2.45. The van der Waals surface area contributed by atoms with Gasteiger partial charge in [-0.05, 0) is 54.4 Å². The number of halogens is 2. The number of aldehydes is 1. The second-order valence-corrected chi connectivity index (χ2v) is 10.2. The molecule has 2 atom stereocenters. The number of rotatable bonds is 10. The maximum atomic E-state index is 11.4. The van der Waals surface area contributed by atoms with Crippen LogP contribution in [0.5, 0.6) is 5.75 Å². The van der Waals surface area contributed by atoms with Crippen LogP contribution in [-0.2, 0) is 16.8 Å². The van der Waals surface area contributed by atoms with E-state index in [1.165, 1.54) is 0 Å². The fourth-order valence-electron chi connectivity index (χ4n) is 4.75. The van der Waals surface area contributed by atoms with Crippen LogP contribution in [0, 0.1) is 0 Å². The van der Waals surface area contributed by atoms with Gasteiger partial charge in [0, 0.05) is 55.6 Å². The molecule has 0 saturated carbocycles. The lowest BCUT2D eigenvalue weighted by atomic mass is 9.93. The molecule has 0 radical (unpaired) electrons. The summed E-state index contributed by atoms with van der Waals surface area (Å²) in [6.45, 7) is 4.40. The molecule has 2 aromatic carbocycles. The van der Waals surface area contributed by atoms with Gasteiger partial charge in [0.15, 0.2) is 0 Å². The molecule has 0 unspecified atom stereocenters. The molecule has 7 nitrogen and oxygen atoms in total. The number of carbonyl (C=O) groups excluding carboxylic acids is 1. The Morgan fingerprint density at radius 1 is 1.14 bits per heavy atom. The van der Waals surface area contributed by atoms with E-state index in [4.69, 9.17) is 33.0 Å². The van der Waals surface area contributed by atoms with Crippen molar-refractivity contribution < 1.29 is 19.7 Å². The standard InChI is InChI=1S/C28H31Cl2N3O4/c1-28(36,21-8-10-31-23(16-21)9-13-34)19-32-11-12-33(27(18-32)20-2-4-22(29)5-3-20)26-7-6-24(17-25(26)30)37-15-14-35/h2-8,10,13,16-17,27,35-36H,9,11-12,14-15,18-19H2,1H3/t27-,28+/m0/s1. The summed E-state index contributed by atoms with van der Waals surface area (Å²) in [6.07, 6.45) is 2.66. The Morgan fingerprint density at radius 3 is 2.62 bits per heavy atom. The van der Waals surface area contributed by atoms with Crippen molar-refractivity contribution in [2.24, 2.45) is 0 Å². The van der Waals surface area contributed by atoms with E-state index < -0.39 is 5.60 Å². The van der Waals surface area contributed by atoms with E-state index in [0.29, 0.717) is 47.7 Å². The average Bonchev–Trinajstić information content (AvgIpc) is 2.88. The van der Waals surface area contributed by atoms with E-state index in [1.54, 1.807) is 31.3 Å². The second-order valence-electron chi connectivity index (χ2n) is 9.36. The number of aliphatic hydroxyl groups is 2. The van der Waals surface area contributed by atoms with Crippen LogP contribution in [0.15, 0.2) is 60.8 Å². The fourth-order valence-corrected chi connectivity index (χ4v) is 5.16. The van der Waals surface area contributed by atoms with Crippen molar-refractivity contribution in [1.82, 2.24) is 9.88 Å². The molecular formula is C28H31Cl2N3O4. The van der Waals surface area contributed by atoms with Crippen molar-refractivity contribution in [3.63, 3.8) is 0 Å². The molecule has 0 bridgehead atoms. The second kappa shape index (κ2) is 12.2. The normalized spacial score (nSPS) is 17.9. The number of ether oxygens (including phenoxy) is 1. The summed E-state index contributed by atoms with van der Waals surface area (Å²) in [7, 11) is 0. The predicted octanol–water partition coefficient (Wildman–Crippen LogP) is 4.27. The Kier molecular flexibility index (Phi) is 9.05. The highest BCUT2D eigenvalue weighted by atomic mass is 35.5. The van der Waals surface area contributed by atoms with E-state index in [2.05, 4.69) is 14.8 Å². The van der Waals surface area contributed by atoms with Crippen LogP contribution in [0.25, 0.3) is 0 Å². The number of benzene rings is 2. The molecule has 196 valence electrons. The Bertz CT molecular complexity index is 1210. The Morgan fingerprint density at radius 2 is 1.92 bits per heavy atom. The van der Waals surface area contributed by atoms with Crippen molar-refractivity contribution in [3.8, 4) is 5.75 Å². The van der Waals surface area contributed by atoms with Gasteiger partial charge in [0.25, 0.3) is 0 Å². The van der Waals surface area contributed by atoms with Gasteiger partial charge in [0.05, 0.1) is 29.0 Å². The minimum absolute atomic E-state index is 0.0356. The number of carbonyl (C=O) groups is 1. The molecule has 1 aliphatic heterocycles. The molecule has 0 spiro atoms. The molecule has 2 heterocycles. The lowest BCUT2D eigenvalue weighted by molar-refractivity contribution is -0.107. The summed E-state index contributed by atoms with van der Waals surface area (Å²) in [5.74, 6) is 0.604. The minimum atomic E-state index is -1.13. The smallest absolute Gasteiger partial charge is 0.125 e. The zero-order valence-electron chi connectivity index (χ0n) is 20.7. The Labute approximate surface area is 227 Å². The monoisotopic (exact) mass is 543 g/mol. The first-order chi connectivity index (χ1) is 17.8.